The Balaban J connectivity index is 2.27. The minimum Gasteiger partial charge on any atom is -0.271 e. The summed E-state index contributed by atoms with van der Waals surface area (Å²) < 4.78 is 0. The number of nitrogens with zero attached hydrogens (tertiary/aromatic N) is 3. The molecular weight excluding hydrogens is 288 g/mol. The first kappa shape index (κ1) is 15.1. The first-order valence-corrected chi connectivity index (χ1v) is 6.33. The molecule has 0 bridgehead atoms. The smallest absolute Gasteiger partial charge is 0.271 e. The molecule has 0 fully saturated rings. The third-order valence-corrected chi connectivity index (χ3v) is 2.79. The molecule has 2 rings (SSSR count). The van der Waals surface area contributed by atoms with Gasteiger partial charge < -0.3 is 0 Å². The van der Waals surface area contributed by atoms with Crippen molar-refractivity contribution in [1.29, 1.82) is 0 Å². The number of hydrogen-bond donors (Lipinski definition) is 1. The van der Waals surface area contributed by atoms with Gasteiger partial charge in [0.2, 0.25) is 0 Å². The van der Waals surface area contributed by atoms with E-state index in [0.29, 0.717) is 12.1 Å². The predicted molar refractivity (Wildman–Crippen MR) is 82.8 cm³/mol. The van der Waals surface area contributed by atoms with Crippen LogP contribution in [0.2, 0.25) is 0 Å². The van der Waals surface area contributed by atoms with Crippen LogP contribution < -0.4 is 5.43 Å². The molecule has 0 aliphatic heterocycles. The molecule has 0 saturated heterocycles. The third kappa shape index (κ3) is 3.85. The second-order valence-corrected chi connectivity index (χ2v) is 4.31. The Hall–Kier alpha value is -3.29. The Morgan fingerprint density at radius 2 is 1.82 bits per heavy atom. The predicted octanol–water partition coefficient (Wildman–Crippen LogP) is 3.34. The fourth-order valence-corrected chi connectivity index (χ4v) is 1.72. The molecule has 1 N–H and O–H groups in total. The lowest BCUT2D eigenvalue weighted by molar-refractivity contribution is -0.393. The van der Waals surface area contributed by atoms with Gasteiger partial charge in [-0.2, -0.15) is 5.10 Å². The summed E-state index contributed by atoms with van der Waals surface area (Å²) in [7, 11) is 0. The van der Waals surface area contributed by atoms with Gasteiger partial charge in [0.05, 0.1) is 21.6 Å². The molecule has 0 radical (unpaired) electrons. The van der Waals surface area contributed by atoms with Gasteiger partial charge in [0, 0.05) is 12.5 Å². The highest BCUT2D eigenvalue weighted by molar-refractivity contribution is 5.96. The van der Waals surface area contributed by atoms with E-state index in [4.69, 9.17) is 0 Å². The summed E-state index contributed by atoms with van der Waals surface area (Å²) in [6.07, 6.45) is 11.6. The summed E-state index contributed by atoms with van der Waals surface area (Å²) in [6, 6.07) is 3.36. The fraction of sp³-hybridized carbons (Fsp3) is 0.0714. The first-order chi connectivity index (χ1) is 10.6. The zero-order valence-electron chi connectivity index (χ0n) is 11.4. The van der Waals surface area contributed by atoms with Crippen molar-refractivity contribution in [2.24, 2.45) is 5.10 Å². The van der Waals surface area contributed by atoms with Crippen molar-refractivity contribution in [1.82, 2.24) is 0 Å². The minimum absolute atomic E-state index is 0.0954. The number of nitrogens with one attached hydrogen (secondary N) is 1. The number of benzene rings is 1. The van der Waals surface area contributed by atoms with Crippen LogP contribution in [0.3, 0.4) is 0 Å². The molecule has 0 amide bonds. The van der Waals surface area contributed by atoms with Gasteiger partial charge in [0.1, 0.15) is 5.69 Å². The van der Waals surface area contributed by atoms with Crippen molar-refractivity contribution in [2.45, 2.75) is 6.42 Å². The van der Waals surface area contributed by atoms with E-state index in [1.54, 1.807) is 12.2 Å². The monoisotopic (exact) mass is 300 g/mol. The zero-order chi connectivity index (χ0) is 15.9. The number of hydrogen-bond acceptors (Lipinski definition) is 6. The molecule has 1 aromatic carbocycles. The van der Waals surface area contributed by atoms with E-state index in [1.165, 1.54) is 12.1 Å². The van der Waals surface area contributed by atoms with E-state index in [9.17, 15) is 20.2 Å². The van der Waals surface area contributed by atoms with Crippen molar-refractivity contribution in [2.75, 3.05) is 5.43 Å². The molecule has 0 heterocycles. The van der Waals surface area contributed by atoms with Crippen molar-refractivity contribution < 1.29 is 9.85 Å². The van der Waals surface area contributed by atoms with Gasteiger partial charge in [0.25, 0.3) is 5.69 Å². The highest BCUT2D eigenvalue weighted by atomic mass is 16.6. The van der Waals surface area contributed by atoms with Crippen LogP contribution in [0.25, 0.3) is 0 Å². The molecule has 0 spiro atoms. The van der Waals surface area contributed by atoms with Crippen LogP contribution in [0.1, 0.15) is 6.42 Å². The van der Waals surface area contributed by atoms with Crippen molar-refractivity contribution >= 4 is 22.8 Å². The van der Waals surface area contributed by atoms with Gasteiger partial charge in [-0.05, 0) is 12.1 Å². The maximum atomic E-state index is 11.0. The van der Waals surface area contributed by atoms with Gasteiger partial charge >= 0.3 is 5.69 Å². The largest absolute Gasteiger partial charge is 0.301 e. The maximum absolute atomic E-state index is 11.0. The number of nitro benzene ring substituents is 2. The lowest BCUT2D eigenvalue weighted by Gasteiger charge is -2.04. The second kappa shape index (κ2) is 6.93. The molecule has 0 saturated carbocycles. The third-order valence-electron chi connectivity index (χ3n) is 2.79. The van der Waals surface area contributed by atoms with E-state index in [0.717, 1.165) is 6.07 Å². The van der Waals surface area contributed by atoms with E-state index in [-0.39, 0.29) is 11.4 Å². The molecule has 1 aliphatic carbocycles. The summed E-state index contributed by atoms with van der Waals surface area (Å²) in [5, 5.41) is 25.8. The van der Waals surface area contributed by atoms with Gasteiger partial charge in [-0.3, -0.25) is 25.7 Å². The topological polar surface area (TPSA) is 111 Å². The van der Waals surface area contributed by atoms with Crippen LogP contribution in [0.4, 0.5) is 17.1 Å². The van der Waals surface area contributed by atoms with Gasteiger partial charge in [-0.1, -0.05) is 30.4 Å². The average Bonchev–Trinajstić information content (AvgIpc) is 2.45. The normalized spacial score (nSPS) is 19.7. The molecule has 8 heteroatoms. The molecule has 8 nitrogen and oxygen atoms in total. The Morgan fingerprint density at radius 1 is 1.05 bits per heavy atom. The number of hydrazone groups is 1. The van der Waals surface area contributed by atoms with E-state index in [1.807, 2.05) is 24.3 Å². The number of allylic oxidation sites excluding steroid dienone is 6. The van der Waals surface area contributed by atoms with E-state index < -0.39 is 15.5 Å². The summed E-state index contributed by atoms with van der Waals surface area (Å²) in [5.41, 5.74) is 2.62. The first-order valence-electron chi connectivity index (χ1n) is 6.33. The Bertz CT molecular complexity index is 720. The van der Waals surface area contributed by atoms with E-state index >= 15 is 0 Å². The van der Waals surface area contributed by atoms with Gasteiger partial charge in [0.15, 0.2) is 0 Å². The van der Waals surface area contributed by atoms with Gasteiger partial charge in [-0.25, -0.2) is 0 Å². The zero-order valence-corrected chi connectivity index (χ0v) is 11.4. The summed E-state index contributed by atoms with van der Waals surface area (Å²) in [4.78, 5) is 20.3. The molecule has 0 aromatic heterocycles. The Labute approximate surface area is 125 Å². The Kier molecular flexibility index (Phi) is 4.76. The van der Waals surface area contributed by atoms with Gasteiger partial charge in [-0.15, -0.1) is 0 Å². The standard InChI is InChI=1S/C14H12N4O4/c19-17(20)12-8-9-13(14(10-12)18(21)22)16-15-11-6-4-2-1-3-5-7-11/h1-6,8-10,16H,7H2/b2-1-,5-3-,6-4-,15-11-. The van der Waals surface area contributed by atoms with Crippen molar-refractivity contribution in [3.63, 3.8) is 0 Å². The highest BCUT2D eigenvalue weighted by Gasteiger charge is 2.19. The minimum atomic E-state index is -0.688. The second-order valence-electron chi connectivity index (χ2n) is 4.31. The number of rotatable bonds is 4. The SMILES string of the molecule is O=[N+]([O-])c1ccc(N/N=C2/C=C\C=C/C=C\C2)c([N+](=O)[O-])c1. The number of non-ortho nitro benzene ring substituents is 1. The lowest BCUT2D eigenvalue weighted by atomic mass is 10.2. The molecule has 22 heavy (non-hydrogen) atoms. The van der Waals surface area contributed by atoms with Crippen LogP contribution in [-0.4, -0.2) is 15.6 Å². The van der Waals surface area contributed by atoms with E-state index in [2.05, 4.69) is 10.5 Å². The van der Waals surface area contributed by atoms with Crippen LogP contribution in [0.5, 0.6) is 0 Å². The maximum Gasteiger partial charge on any atom is 0.301 e. The van der Waals surface area contributed by atoms with Crippen molar-refractivity contribution in [3.05, 3.63) is 74.9 Å². The van der Waals surface area contributed by atoms with Crippen molar-refractivity contribution in [3.8, 4) is 0 Å². The summed E-state index contributed by atoms with van der Waals surface area (Å²) in [6.45, 7) is 0. The molecule has 112 valence electrons. The highest BCUT2D eigenvalue weighted by Crippen LogP contribution is 2.28. The van der Waals surface area contributed by atoms with Crippen LogP contribution in [-0.2, 0) is 0 Å². The molecule has 1 aliphatic rings. The average molecular weight is 300 g/mol. The fourth-order valence-electron chi connectivity index (χ4n) is 1.72. The number of anilines is 1. The molecular formula is C14H12N4O4. The van der Waals surface area contributed by atoms with Crippen LogP contribution >= 0.6 is 0 Å². The summed E-state index contributed by atoms with van der Waals surface area (Å²) >= 11 is 0. The van der Waals surface area contributed by atoms with Crippen LogP contribution in [0, 0.1) is 20.2 Å². The molecule has 0 atom stereocenters. The quantitative estimate of drug-likeness (QED) is 0.677. The number of nitro groups is 2. The lowest BCUT2D eigenvalue weighted by Crippen LogP contribution is -2.02. The summed E-state index contributed by atoms with van der Waals surface area (Å²) in [5.74, 6) is 0. The Morgan fingerprint density at radius 3 is 2.55 bits per heavy atom. The molecule has 1 aromatic rings. The van der Waals surface area contributed by atoms with Crippen LogP contribution in [0.15, 0.2) is 59.8 Å². The molecule has 0 unspecified atom stereocenters.